The van der Waals surface area contributed by atoms with Crippen LogP contribution in [0.2, 0.25) is 0 Å². The third-order valence-electron chi connectivity index (χ3n) is 4.19. The summed E-state index contributed by atoms with van der Waals surface area (Å²) >= 11 is 0.971. The zero-order chi connectivity index (χ0) is 20.3. The van der Waals surface area contributed by atoms with Crippen LogP contribution in [0.25, 0.3) is 0 Å². The van der Waals surface area contributed by atoms with E-state index in [9.17, 15) is 18.0 Å². The van der Waals surface area contributed by atoms with Gasteiger partial charge in [-0.2, -0.15) is 8.98 Å². The number of carbonyl (C=O) groups is 1. The highest BCUT2D eigenvalue weighted by molar-refractivity contribution is 7.99. The van der Waals surface area contributed by atoms with Crippen molar-refractivity contribution in [3.63, 3.8) is 0 Å². The topological polar surface area (TPSA) is 140 Å². The highest BCUT2D eigenvalue weighted by Crippen LogP contribution is 2.22. The van der Waals surface area contributed by atoms with Crippen LogP contribution in [-0.4, -0.2) is 52.3 Å². The molecule has 0 saturated carbocycles. The quantitative estimate of drug-likeness (QED) is 0.494. The number of amides is 1. The standard InChI is InChI=1S/C16H20N6O4S2/c1-11-15(24)22(17)16(20-19-11)27-10-14(23)18-12-4-6-13(7-5-12)28(25,26)21-8-2-3-9-21/h4-7H,2-3,8-10,17H2,1H3,(H,18,23). The van der Waals surface area contributed by atoms with Gasteiger partial charge < -0.3 is 11.2 Å². The lowest BCUT2D eigenvalue weighted by molar-refractivity contribution is -0.113. The minimum atomic E-state index is -3.49. The van der Waals surface area contributed by atoms with E-state index in [2.05, 4.69) is 15.5 Å². The first-order valence-electron chi connectivity index (χ1n) is 8.53. The number of nitrogens with zero attached hydrogens (tertiary/aromatic N) is 4. The van der Waals surface area contributed by atoms with E-state index >= 15 is 0 Å². The molecule has 1 fully saturated rings. The lowest BCUT2D eigenvalue weighted by atomic mass is 10.3. The number of nitrogens with one attached hydrogen (secondary N) is 1. The molecule has 0 bridgehead atoms. The number of aryl methyl sites for hydroxylation is 1. The third-order valence-corrected chi connectivity index (χ3v) is 7.05. The van der Waals surface area contributed by atoms with E-state index in [4.69, 9.17) is 5.84 Å². The van der Waals surface area contributed by atoms with Gasteiger partial charge in [-0.15, -0.1) is 10.2 Å². The highest BCUT2D eigenvalue weighted by atomic mass is 32.2. The molecule has 0 spiro atoms. The van der Waals surface area contributed by atoms with Crippen LogP contribution in [0.15, 0.2) is 39.1 Å². The van der Waals surface area contributed by atoms with Crippen molar-refractivity contribution < 1.29 is 13.2 Å². The molecule has 0 aliphatic carbocycles. The average Bonchev–Trinajstić information content (AvgIpc) is 3.22. The zero-order valence-corrected chi connectivity index (χ0v) is 16.8. The third kappa shape index (κ3) is 4.34. The van der Waals surface area contributed by atoms with E-state index in [-0.39, 0.29) is 27.4 Å². The summed E-state index contributed by atoms with van der Waals surface area (Å²) in [6.07, 6.45) is 1.74. The Morgan fingerprint density at radius 3 is 2.50 bits per heavy atom. The summed E-state index contributed by atoms with van der Waals surface area (Å²) in [6, 6.07) is 6.02. The summed E-state index contributed by atoms with van der Waals surface area (Å²) in [5.74, 6) is 5.23. The number of anilines is 1. The number of hydrogen-bond donors (Lipinski definition) is 2. The van der Waals surface area contributed by atoms with Gasteiger partial charge in [0.25, 0.3) is 5.56 Å². The molecule has 2 heterocycles. The molecule has 0 radical (unpaired) electrons. The lowest BCUT2D eigenvalue weighted by Gasteiger charge is -2.15. The van der Waals surface area contributed by atoms with E-state index in [1.54, 1.807) is 0 Å². The Hall–Kier alpha value is -2.44. The van der Waals surface area contributed by atoms with Crippen molar-refractivity contribution in [2.24, 2.45) is 0 Å². The fourth-order valence-corrected chi connectivity index (χ4v) is 4.85. The van der Waals surface area contributed by atoms with Gasteiger partial charge in [0.15, 0.2) is 0 Å². The van der Waals surface area contributed by atoms with Crippen molar-refractivity contribution in [1.82, 2.24) is 19.2 Å². The molecular weight excluding hydrogens is 404 g/mol. The second kappa shape index (κ2) is 8.29. The van der Waals surface area contributed by atoms with Crippen LogP contribution in [0.4, 0.5) is 5.69 Å². The molecule has 12 heteroatoms. The van der Waals surface area contributed by atoms with Gasteiger partial charge in [0.05, 0.1) is 10.6 Å². The largest absolute Gasteiger partial charge is 0.334 e. The summed E-state index contributed by atoms with van der Waals surface area (Å²) in [4.78, 5) is 24.0. The van der Waals surface area contributed by atoms with Gasteiger partial charge in [0.2, 0.25) is 21.1 Å². The molecule has 3 N–H and O–H groups in total. The van der Waals surface area contributed by atoms with E-state index in [1.807, 2.05) is 0 Å². The Kier molecular flexibility index (Phi) is 6.01. The molecule has 1 aromatic heterocycles. The molecule has 0 unspecified atom stereocenters. The molecule has 150 valence electrons. The molecule has 1 saturated heterocycles. The van der Waals surface area contributed by atoms with Gasteiger partial charge >= 0.3 is 0 Å². The number of rotatable bonds is 6. The fraction of sp³-hybridized carbons (Fsp3) is 0.375. The van der Waals surface area contributed by atoms with Crippen LogP contribution in [-0.2, 0) is 14.8 Å². The molecule has 28 heavy (non-hydrogen) atoms. The zero-order valence-electron chi connectivity index (χ0n) is 15.2. The molecule has 1 aliphatic heterocycles. The molecule has 1 aromatic carbocycles. The van der Waals surface area contributed by atoms with Gasteiger partial charge in [-0.3, -0.25) is 9.59 Å². The smallest absolute Gasteiger partial charge is 0.294 e. The Balaban J connectivity index is 1.60. The maximum absolute atomic E-state index is 12.5. The Bertz CT molecular complexity index is 1030. The SMILES string of the molecule is Cc1nnc(SCC(=O)Nc2ccc(S(=O)(=O)N3CCCC3)cc2)n(N)c1=O. The summed E-state index contributed by atoms with van der Waals surface area (Å²) in [5.41, 5.74) is 0.152. The summed E-state index contributed by atoms with van der Waals surface area (Å²) < 4.78 is 27.3. The second-order valence-corrected chi connectivity index (χ2v) is 9.10. The number of carbonyl (C=O) groups excluding carboxylic acids is 1. The molecule has 2 aromatic rings. The van der Waals surface area contributed by atoms with Crippen LogP contribution in [0, 0.1) is 6.92 Å². The van der Waals surface area contributed by atoms with E-state index in [0.717, 1.165) is 29.3 Å². The van der Waals surface area contributed by atoms with Crippen molar-refractivity contribution in [2.75, 3.05) is 30.0 Å². The van der Waals surface area contributed by atoms with Gasteiger partial charge in [0.1, 0.15) is 5.69 Å². The first-order chi connectivity index (χ1) is 13.3. The first-order valence-corrected chi connectivity index (χ1v) is 11.0. The van der Waals surface area contributed by atoms with Crippen molar-refractivity contribution in [3.05, 3.63) is 40.3 Å². The number of thioether (sulfide) groups is 1. The molecule has 1 amide bonds. The molecule has 3 rings (SSSR count). The number of nitrogens with two attached hydrogens (primary N) is 1. The predicted molar refractivity (Wildman–Crippen MR) is 105 cm³/mol. The number of sulfonamides is 1. The van der Waals surface area contributed by atoms with Crippen molar-refractivity contribution >= 4 is 33.4 Å². The monoisotopic (exact) mass is 424 g/mol. The molecular formula is C16H20N6O4S2. The van der Waals surface area contributed by atoms with Gasteiger partial charge in [-0.05, 0) is 44.0 Å². The minimum absolute atomic E-state index is 0.0395. The Labute approximate surface area is 166 Å². The minimum Gasteiger partial charge on any atom is -0.334 e. The molecule has 1 aliphatic rings. The van der Waals surface area contributed by atoms with E-state index < -0.39 is 15.6 Å². The Morgan fingerprint density at radius 2 is 1.86 bits per heavy atom. The molecule has 0 atom stereocenters. The van der Waals surface area contributed by atoms with Crippen molar-refractivity contribution in [1.29, 1.82) is 0 Å². The number of nitrogen functional groups attached to an aromatic ring is 1. The maximum atomic E-state index is 12.5. The van der Waals surface area contributed by atoms with Crippen LogP contribution < -0.4 is 16.7 Å². The van der Waals surface area contributed by atoms with E-state index in [1.165, 1.54) is 35.5 Å². The Morgan fingerprint density at radius 1 is 1.21 bits per heavy atom. The van der Waals surface area contributed by atoms with Crippen molar-refractivity contribution in [3.8, 4) is 0 Å². The van der Waals surface area contributed by atoms with Gasteiger partial charge in [0, 0.05) is 18.8 Å². The van der Waals surface area contributed by atoms with Crippen LogP contribution in [0.1, 0.15) is 18.5 Å². The second-order valence-electron chi connectivity index (χ2n) is 6.22. The summed E-state index contributed by atoms with van der Waals surface area (Å²) in [6.45, 7) is 2.56. The van der Waals surface area contributed by atoms with Crippen LogP contribution >= 0.6 is 11.8 Å². The van der Waals surface area contributed by atoms with Crippen molar-refractivity contribution in [2.45, 2.75) is 29.8 Å². The summed E-state index contributed by atoms with van der Waals surface area (Å²) in [5, 5.41) is 10.3. The average molecular weight is 425 g/mol. The maximum Gasteiger partial charge on any atom is 0.294 e. The predicted octanol–water partition coefficient (Wildman–Crippen LogP) is 0.176. The summed E-state index contributed by atoms with van der Waals surface area (Å²) in [7, 11) is -3.49. The highest BCUT2D eigenvalue weighted by Gasteiger charge is 2.26. The first kappa shape index (κ1) is 20.3. The van der Waals surface area contributed by atoms with Gasteiger partial charge in [-0.25, -0.2) is 8.42 Å². The number of benzene rings is 1. The van der Waals surface area contributed by atoms with Gasteiger partial charge in [-0.1, -0.05) is 11.8 Å². The van der Waals surface area contributed by atoms with Crippen LogP contribution in [0.3, 0.4) is 0 Å². The van der Waals surface area contributed by atoms with Crippen LogP contribution in [0.5, 0.6) is 0 Å². The van der Waals surface area contributed by atoms with E-state index in [0.29, 0.717) is 18.8 Å². The lowest BCUT2D eigenvalue weighted by Crippen LogP contribution is -2.32. The normalized spacial score (nSPS) is 14.9. The molecule has 10 nitrogen and oxygen atoms in total. The number of aromatic nitrogens is 3. The number of hydrogen-bond acceptors (Lipinski definition) is 8. The fourth-order valence-electron chi connectivity index (χ4n) is 2.68.